The summed E-state index contributed by atoms with van der Waals surface area (Å²) in [6, 6.07) is 20.8. The average Bonchev–Trinajstić information content (AvgIpc) is 2.76. The molecule has 0 bridgehead atoms. The molecule has 0 radical (unpaired) electrons. The molecule has 0 aliphatic carbocycles. The quantitative estimate of drug-likeness (QED) is 0.548. The van der Waals surface area contributed by atoms with Gasteiger partial charge in [0.2, 0.25) is 0 Å². The molecule has 0 unspecified atom stereocenters. The number of rotatable bonds is 7. The molecule has 4 nitrogen and oxygen atoms in total. The predicted octanol–water partition coefficient (Wildman–Crippen LogP) is 5.05. The third kappa shape index (κ3) is 5.38. The van der Waals surface area contributed by atoms with Crippen molar-refractivity contribution in [3.63, 3.8) is 0 Å². The lowest BCUT2D eigenvalue weighted by Gasteiger charge is -2.12. The molecule has 152 valence electrons. The Morgan fingerprint density at radius 1 is 0.800 bits per heavy atom. The SMILES string of the molecule is CBCc1ccc(C(=O)Nc2ccc(NC(=O)c3ccc(CC)cc3)cc2C)cc1. The van der Waals surface area contributed by atoms with E-state index in [0.717, 1.165) is 31.3 Å². The molecule has 3 aromatic rings. The van der Waals surface area contributed by atoms with E-state index < -0.39 is 0 Å². The van der Waals surface area contributed by atoms with Gasteiger partial charge in [-0.05, 0) is 66.9 Å². The van der Waals surface area contributed by atoms with Crippen molar-refractivity contribution in [2.75, 3.05) is 10.6 Å². The molecule has 2 amide bonds. The summed E-state index contributed by atoms with van der Waals surface area (Å²) >= 11 is 0. The molecule has 2 N–H and O–H groups in total. The van der Waals surface area contributed by atoms with Gasteiger partial charge in [0, 0.05) is 22.5 Å². The minimum atomic E-state index is -0.152. The van der Waals surface area contributed by atoms with Crippen molar-refractivity contribution >= 4 is 30.5 Å². The Kier molecular flexibility index (Phi) is 7.07. The van der Waals surface area contributed by atoms with Crippen molar-refractivity contribution in [3.8, 4) is 0 Å². The molecular weight excluding hydrogens is 371 g/mol. The highest BCUT2D eigenvalue weighted by Gasteiger charge is 2.10. The number of anilines is 2. The van der Waals surface area contributed by atoms with Crippen molar-refractivity contribution in [2.24, 2.45) is 0 Å². The minimum absolute atomic E-state index is 0.144. The summed E-state index contributed by atoms with van der Waals surface area (Å²) in [6.07, 6.45) is 1.95. The summed E-state index contributed by atoms with van der Waals surface area (Å²) in [5.74, 6) is -0.296. The first kappa shape index (κ1) is 21.4. The Morgan fingerprint density at radius 2 is 1.37 bits per heavy atom. The van der Waals surface area contributed by atoms with Gasteiger partial charge in [-0.2, -0.15) is 0 Å². The number of nitrogens with one attached hydrogen (secondary N) is 2. The molecule has 0 aliphatic rings. The molecule has 0 heterocycles. The maximum absolute atomic E-state index is 12.6. The maximum atomic E-state index is 12.6. The highest BCUT2D eigenvalue weighted by Crippen LogP contribution is 2.21. The Labute approximate surface area is 179 Å². The minimum Gasteiger partial charge on any atom is -0.322 e. The molecule has 3 rings (SSSR count). The number of aryl methyl sites for hydroxylation is 2. The van der Waals surface area contributed by atoms with E-state index in [-0.39, 0.29) is 11.8 Å². The first-order valence-electron chi connectivity index (χ1n) is 10.4. The second kappa shape index (κ2) is 9.92. The zero-order valence-electron chi connectivity index (χ0n) is 17.8. The van der Waals surface area contributed by atoms with Gasteiger partial charge in [0.25, 0.3) is 11.8 Å². The first-order valence-corrected chi connectivity index (χ1v) is 10.4. The number of amides is 2. The van der Waals surface area contributed by atoms with E-state index in [4.69, 9.17) is 0 Å². The molecule has 5 heteroatoms. The number of benzene rings is 3. The Morgan fingerprint density at radius 3 is 1.90 bits per heavy atom. The second-order valence-electron chi connectivity index (χ2n) is 7.44. The average molecular weight is 398 g/mol. The van der Waals surface area contributed by atoms with Crippen LogP contribution in [0.2, 0.25) is 6.82 Å². The summed E-state index contributed by atoms with van der Waals surface area (Å²) in [5.41, 5.74) is 5.97. The molecule has 0 spiro atoms. The Bertz CT molecular complexity index is 1030. The van der Waals surface area contributed by atoms with Gasteiger partial charge in [-0.1, -0.05) is 49.9 Å². The Balaban J connectivity index is 1.65. The van der Waals surface area contributed by atoms with Crippen molar-refractivity contribution in [1.82, 2.24) is 0 Å². The summed E-state index contributed by atoms with van der Waals surface area (Å²) in [5, 5.41) is 5.87. The van der Waals surface area contributed by atoms with Crippen molar-refractivity contribution in [1.29, 1.82) is 0 Å². The maximum Gasteiger partial charge on any atom is 0.255 e. The van der Waals surface area contributed by atoms with Crippen LogP contribution in [0.25, 0.3) is 0 Å². The normalized spacial score (nSPS) is 10.4. The fourth-order valence-electron chi connectivity index (χ4n) is 3.28. The largest absolute Gasteiger partial charge is 0.322 e. The summed E-state index contributed by atoms with van der Waals surface area (Å²) in [4.78, 5) is 25.0. The van der Waals surface area contributed by atoms with Crippen molar-refractivity contribution < 1.29 is 9.59 Å². The fraction of sp³-hybridized carbons (Fsp3) is 0.200. The van der Waals surface area contributed by atoms with E-state index >= 15 is 0 Å². The molecule has 0 saturated heterocycles. The lowest BCUT2D eigenvalue weighted by molar-refractivity contribution is 0.101. The highest BCUT2D eigenvalue weighted by molar-refractivity contribution is 6.32. The predicted molar refractivity (Wildman–Crippen MR) is 126 cm³/mol. The number of carbonyl (C=O) groups is 2. The lowest BCUT2D eigenvalue weighted by Crippen LogP contribution is -2.14. The van der Waals surface area contributed by atoms with Gasteiger partial charge in [-0.25, -0.2) is 0 Å². The molecule has 0 aliphatic heterocycles. The van der Waals surface area contributed by atoms with Gasteiger partial charge in [0.1, 0.15) is 7.28 Å². The second-order valence-corrected chi connectivity index (χ2v) is 7.44. The van der Waals surface area contributed by atoms with Crippen LogP contribution in [-0.4, -0.2) is 19.1 Å². The van der Waals surface area contributed by atoms with Crippen LogP contribution in [0.1, 0.15) is 44.3 Å². The van der Waals surface area contributed by atoms with E-state index in [2.05, 4.69) is 24.4 Å². The van der Waals surface area contributed by atoms with Crippen molar-refractivity contribution in [2.45, 2.75) is 33.4 Å². The van der Waals surface area contributed by atoms with Crippen LogP contribution in [0.15, 0.2) is 66.7 Å². The van der Waals surface area contributed by atoms with Gasteiger partial charge in [-0.15, -0.1) is 0 Å². The van der Waals surface area contributed by atoms with Gasteiger partial charge >= 0.3 is 0 Å². The topological polar surface area (TPSA) is 58.2 Å². The molecule has 0 saturated carbocycles. The van der Waals surface area contributed by atoms with E-state index in [9.17, 15) is 9.59 Å². The van der Waals surface area contributed by atoms with Crippen LogP contribution < -0.4 is 10.6 Å². The van der Waals surface area contributed by atoms with Crippen LogP contribution in [0.5, 0.6) is 0 Å². The zero-order valence-corrected chi connectivity index (χ0v) is 17.8. The smallest absolute Gasteiger partial charge is 0.255 e. The third-order valence-corrected chi connectivity index (χ3v) is 5.11. The van der Waals surface area contributed by atoms with Crippen LogP contribution in [-0.2, 0) is 12.7 Å². The summed E-state index contributed by atoms with van der Waals surface area (Å²) in [7, 11) is 1.08. The standard InChI is InChI=1S/C25H27BN2O2/c1-4-18-5-9-20(10-6-18)24(29)27-22-13-14-23(17(2)15-22)28-25(30)21-11-7-19(8-12-21)16-26-3/h5-15,26H,4,16H2,1-3H3,(H,27,29)(H,28,30). The van der Waals surface area contributed by atoms with Gasteiger partial charge < -0.3 is 10.6 Å². The molecule has 0 fully saturated rings. The molecular formula is C25H27BN2O2. The monoisotopic (exact) mass is 398 g/mol. The highest BCUT2D eigenvalue weighted by atomic mass is 16.2. The molecule has 30 heavy (non-hydrogen) atoms. The van der Waals surface area contributed by atoms with E-state index in [1.165, 1.54) is 11.1 Å². The molecule has 3 aromatic carbocycles. The first-order chi connectivity index (χ1) is 14.5. The number of hydrogen-bond donors (Lipinski definition) is 2. The fourth-order valence-corrected chi connectivity index (χ4v) is 3.28. The van der Waals surface area contributed by atoms with Crippen LogP contribution >= 0.6 is 0 Å². The zero-order chi connectivity index (χ0) is 21.5. The van der Waals surface area contributed by atoms with E-state index in [1.54, 1.807) is 6.07 Å². The third-order valence-electron chi connectivity index (χ3n) is 5.11. The van der Waals surface area contributed by atoms with E-state index in [0.29, 0.717) is 16.8 Å². The number of hydrogen-bond acceptors (Lipinski definition) is 2. The lowest BCUT2D eigenvalue weighted by atomic mass is 9.75. The van der Waals surface area contributed by atoms with Crippen LogP contribution in [0, 0.1) is 6.92 Å². The van der Waals surface area contributed by atoms with Gasteiger partial charge in [-0.3, -0.25) is 9.59 Å². The van der Waals surface area contributed by atoms with Crippen LogP contribution in [0.3, 0.4) is 0 Å². The summed E-state index contributed by atoms with van der Waals surface area (Å²) < 4.78 is 0. The molecule has 0 atom stereocenters. The van der Waals surface area contributed by atoms with Gasteiger partial charge in [0.15, 0.2) is 0 Å². The summed E-state index contributed by atoms with van der Waals surface area (Å²) in [6.45, 7) is 6.13. The van der Waals surface area contributed by atoms with Crippen molar-refractivity contribution in [3.05, 3.63) is 94.5 Å². The van der Waals surface area contributed by atoms with Crippen LogP contribution in [0.4, 0.5) is 11.4 Å². The van der Waals surface area contributed by atoms with Gasteiger partial charge in [0.05, 0.1) is 0 Å². The molecule has 0 aromatic heterocycles. The number of carbonyl (C=O) groups excluding carboxylic acids is 2. The Hall–Kier alpha value is -3.34. The van der Waals surface area contributed by atoms with E-state index in [1.807, 2.05) is 67.6 Å².